The predicted octanol–water partition coefficient (Wildman–Crippen LogP) is 2.11. The van der Waals surface area contributed by atoms with Gasteiger partial charge < -0.3 is 14.8 Å². The van der Waals surface area contributed by atoms with Crippen LogP contribution in [0.25, 0.3) is 0 Å². The van der Waals surface area contributed by atoms with E-state index >= 15 is 0 Å². The lowest BCUT2D eigenvalue weighted by atomic mass is 10.1. The molecular formula is C14H17ClN2O2. The van der Waals surface area contributed by atoms with Crippen LogP contribution in [0, 0.1) is 11.3 Å². The van der Waals surface area contributed by atoms with E-state index in [-0.39, 0.29) is 12.2 Å². The third-order valence-corrected chi connectivity index (χ3v) is 3.32. The van der Waals surface area contributed by atoms with Crippen LogP contribution < -0.4 is 5.32 Å². The number of hydrogen-bond acceptors (Lipinski definition) is 4. The van der Waals surface area contributed by atoms with Gasteiger partial charge in [0, 0.05) is 18.1 Å². The second kappa shape index (κ2) is 6.88. The molecule has 5 heteroatoms. The van der Waals surface area contributed by atoms with E-state index in [0.717, 1.165) is 18.7 Å². The van der Waals surface area contributed by atoms with Gasteiger partial charge in [0.05, 0.1) is 37.1 Å². The van der Waals surface area contributed by atoms with Gasteiger partial charge in [-0.1, -0.05) is 17.7 Å². The largest absolute Gasteiger partial charge is 0.374 e. The highest BCUT2D eigenvalue weighted by atomic mass is 35.5. The molecular weight excluding hydrogens is 264 g/mol. The fourth-order valence-electron chi connectivity index (χ4n) is 2.00. The number of ether oxygens (including phenoxy) is 2. The van der Waals surface area contributed by atoms with Crippen molar-refractivity contribution in [1.29, 1.82) is 5.26 Å². The summed E-state index contributed by atoms with van der Waals surface area (Å²) in [6.45, 7) is 4.70. The van der Waals surface area contributed by atoms with E-state index in [4.69, 9.17) is 26.3 Å². The van der Waals surface area contributed by atoms with Crippen molar-refractivity contribution in [2.75, 3.05) is 19.7 Å². The number of halogens is 1. The first-order valence-electron chi connectivity index (χ1n) is 6.31. The summed E-state index contributed by atoms with van der Waals surface area (Å²) in [4.78, 5) is 0. The van der Waals surface area contributed by atoms with E-state index in [9.17, 15) is 0 Å². The first kappa shape index (κ1) is 14.3. The van der Waals surface area contributed by atoms with Gasteiger partial charge in [-0.2, -0.15) is 5.26 Å². The van der Waals surface area contributed by atoms with Gasteiger partial charge in [-0.3, -0.25) is 0 Å². The summed E-state index contributed by atoms with van der Waals surface area (Å²) >= 11 is 6.08. The topological polar surface area (TPSA) is 54.3 Å². The standard InChI is InChI=1S/C14H17ClN2O2/c1-10-6-17-7-13(19-10)9-18-8-12-3-2-11(5-16)4-14(12)15/h2-4,10,13,17H,6-9H2,1H3. The Labute approximate surface area is 118 Å². The molecule has 0 aliphatic carbocycles. The lowest BCUT2D eigenvalue weighted by Crippen LogP contribution is -2.45. The van der Waals surface area contributed by atoms with E-state index in [1.54, 1.807) is 12.1 Å². The maximum atomic E-state index is 8.76. The Balaban J connectivity index is 1.81. The lowest BCUT2D eigenvalue weighted by molar-refractivity contribution is -0.0716. The first-order valence-corrected chi connectivity index (χ1v) is 6.69. The molecule has 0 bridgehead atoms. The van der Waals surface area contributed by atoms with Crippen LogP contribution in [-0.2, 0) is 16.1 Å². The Hall–Kier alpha value is -1.12. The van der Waals surface area contributed by atoms with Crippen molar-refractivity contribution in [2.24, 2.45) is 0 Å². The second-order valence-corrected chi connectivity index (χ2v) is 5.07. The Kier molecular flexibility index (Phi) is 5.17. The highest BCUT2D eigenvalue weighted by Crippen LogP contribution is 2.18. The molecule has 0 radical (unpaired) electrons. The number of nitrogens with one attached hydrogen (secondary N) is 1. The van der Waals surface area contributed by atoms with Gasteiger partial charge >= 0.3 is 0 Å². The van der Waals surface area contributed by atoms with Gasteiger partial charge in [-0.15, -0.1) is 0 Å². The minimum Gasteiger partial charge on any atom is -0.374 e. The molecule has 1 aromatic rings. The minimum absolute atomic E-state index is 0.0842. The van der Waals surface area contributed by atoms with Gasteiger partial charge in [0.15, 0.2) is 0 Å². The zero-order valence-electron chi connectivity index (χ0n) is 10.9. The maximum absolute atomic E-state index is 8.76. The number of morpholine rings is 1. The van der Waals surface area contributed by atoms with E-state index in [1.165, 1.54) is 0 Å². The average Bonchev–Trinajstić information content (AvgIpc) is 2.40. The minimum atomic E-state index is 0.0842. The van der Waals surface area contributed by atoms with Crippen LogP contribution in [0.4, 0.5) is 0 Å². The van der Waals surface area contributed by atoms with Crippen molar-refractivity contribution >= 4 is 11.6 Å². The lowest BCUT2D eigenvalue weighted by Gasteiger charge is -2.28. The molecule has 4 nitrogen and oxygen atoms in total. The smallest absolute Gasteiger partial charge is 0.0992 e. The summed E-state index contributed by atoms with van der Waals surface area (Å²) in [5.74, 6) is 0. The Bertz CT molecular complexity index is 473. The molecule has 102 valence electrons. The summed E-state index contributed by atoms with van der Waals surface area (Å²) in [5.41, 5.74) is 1.44. The highest BCUT2D eigenvalue weighted by molar-refractivity contribution is 6.31. The van der Waals surface area contributed by atoms with Gasteiger partial charge in [-0.25, -0.2) is 0 Å². The Morgan fingerprint density at radius 3 is 3.05 bits per heavy atom. The molecule has 0 amide bonds. The number of nitrogens with zero attached hydrogens (tertiary/aromatic N) is 1. The fourth-order valence-corrected chi connectivity index (χ4v) is 2.24. The first-order chi connectivity index (χ1) is 9.19. The van der Waals surface area contributed by atoms with Crippen LogP contribution >= 0.6 is 11.6 Å². The maximum Gasteiger partial charge on any atom is 0.0992 e. The van der Waals surface area contributed by atoms with Crippen molar-refractivity contribution in [3.05, 3.63) is 34.3 Å². The molecule has 2 atom stereocenters. The quantitative estimate of drug-likeness (QED) is 0.918. The Morgan fingerprint density at radius 2 is 2.37 bits per heavy atom. The molecule has 0 spiro atoms. The highest BCUT2D eigenvalue weighted by Gasteiger charge is 2.18. The van der Waals surface area contributed by atoms with Crippen LogP contribution in [0.5, 0.6) is 0 Å². The van der Waals surface area contributed by atoms with Gasteiger partial charge in [0.1, 0.15) is 0 Å². The molecule has 0 saturated carbocycles. The molecule has 1 aliphatic heterocycles. The average molecular weight is 281 g/mol. The fraction of sp³-hybridized carbons (Fsp3) is 0.500. The van der Waals surface area contributed by atoms with Crippen molar-refractivity contribution in [2.45, 2.75) is 25.7 Å². The molecule has 1 aliphatic rings. The third kappa shape index (κ3) is 4.19. The summed E-state index contributed by atoms with van der Waals surface area (Å²) in [7, 11) is 0. The summed E-state index contributed by atoms with van der Waals surface area (Å²) in [5, 5.41) is 12.6. The number of rotatable bonds is 4. The van der Waals surface area contributed by atoms with Crippen LogP contribution in [0.2, 0.25) is 5.02 Å². The zero-order chi connectivity index (χ0) is 13.7. The van der Waals surface area contributed by atoms with E-state index < -0.39 is 0 Å². The summed E-state index contributed by atoms with van der Waals surface area (Å²) in [6.07, 6.45) is 0.307. The normalized spacial score (nSPS) is 23.0. The second-order valence-electron chi connectivity index (χ2n) is 4.66. The van der Waals surface area contributed by atoms with Gasteiger partial charge in [0.2, 0.25) is 0 Å². The van der Waals surface area contributed by atoms with Crippen LogP contribution in [-0.4, -0.2) is 31.9 Å². The number of hydrogen-bond donors (Lipinski definition) is 1. The third-order valence-electron chi connectivity index (χ3n) is 2.97. The van der Waals surface area contributed by atoms with Crippen LogP contribution in [0.1, 0.15) is 18.1 Å². The van der Waals surface area contributed by atoms with E-state index in [1.807, 2.05) is 13.0 Å². The molecule has 2 unspecified atom stereocenters. The van der Waals surface area contributed by atoms with Gasteiger partial charge in [0.25, 0.3) is 0 Å². The van der Waals surface area contributed by atoms with Crippen molar-refractivity contribution in [1.82, 2.24) is 5.32 Å². The molecule has 1 aromatic carbocycles. The number of nitriles is 1. The van der Waals surface area contributed by atoms with Crippen molar-refractivity contribution < 1.29 is 9.47 Å². The molecule has 1 saturated heterocycles. The molecule has 19 heavy (non-hydrogen) atoms. The molecule has 1 N–H and O–H groups in total. The predicted molar refractivity (Wildman–Crippen MR) is 73.0 cm³/mol. The van der Waals surface area contributed by atoms with E-state index in [2.05, 4.69) is 11.4 Å². The summed E-state index contributed by atoms with van der Waals surface area (Å²) < 4.78 is 11.4. The molecule has 1 fully saturated rings. The number of benzene rings is 1. The van der Waals surface area contributed by atoms with Crippen LogP contribution in [0.3, 0.4) is 0 Å². The van der Waals surface area contributed by atoms with Crippen LogP contribution in [0.15, 0.2) is 18.2 Å². The monoisotopic (exact) mass is 280 g/mol. The molecule has 0 aromatic heterocycles. The van der Waals surface area contributed by atoms with Gasteiger partial charge in [-0.05, 0) is 24.6 Å². The van der Waals surface area contributed by atoms with Crippen molar-refractivity contribution in [3.63, 3.8) is 0 Å². The summed E-state index contributed by atoms with van der Waals surface area (Å²) in [6, 6.07) is 7.27. The molecule has 1 heterocycles. The zero-order valence-corrected chi connectivity index (χ0v) is 11.6. The SMILES string of the molecule is CC1CNCC(COCc2ccc(C#N)cc2Cl)O1. The molecule has 2 rings (SSSR count). The van der Waals surface area contributed by atoms with E-state index in [0.29, 0.717) is 23.8 Å². The Morgan fingerprint density at radius 1 is 1.53 bits per heavy atom. The van der Waals surface area contributed by atoms with Crippen molar-refractivity contribution in [3.8, 4) is 6.07 Å².